The van der Waals surface area contributed by atoms with Gasteiger partial charge in [0.15, 0.2) is 0 Å². The molecule has 1 nitrogen and oxygen atoms in total. The van der Waals surface area contributed by atoms with Crippen LogP contribution >= 0.6 is 11.6 Å². The van der Waals surface area contributed by atoms with E-state index in [0.717, 1.165) is 22.5 Å². The largest absolute Gasteiger partial charge is 0.253 e. The quantitative estimate of drug-likeness (QED) is 0.709. The van der Waals surface area contributed by atoms with Gasteiger partial charge in [-0.25, -0.2) is 0 Å². The molecule has 0 fully saturated rings. The maximum atomic E-state index is 5.81. The first-order chi connectivity index (χ1) is 7.70. The Morgan fingerprint density at radius 2 is 1.69 bits per heavy atom. The van der Waals surface area contributed by atoms with Gasteiger partial charge in [-0.2, -0.15) is 0 Å². The SMILES string of the molecule is Cc1ccc(-c2ccc(CCl)c(C)n2)cc1. The van der Waals surface area contributed by atoms with Crippen LogP contribution in [0.2, 0.25) is 0 Å². The number of aromatic nitrogens is 1. The zero-order valence-corrected chi connectivity index (χ0v) is 10.3. The summed E-state index contributed by atoms with van der Waals surface area (Å²) in [5.74, 6) is 0.521. The van der Waals surface area contributed by atoms with E-state index in [9.17, 15) is 0 Å². The average molecular weight is 232 g/mol. The second-order valence-corrected chi connectivity index (χ2v) is 4.21. The second kappa shape index (κ2) is 4.67. The number of aryl methyl sites for hydroxylation is 2. The van der Waals surface area contributed by atoms with Crippen LogP contribution in [0.4, 0.5) is 0 Å². The first-order valence-electron chi connectivity index (χ1n) is 5.30. The molecule has 0 saturated heterocycles. The number of benzene rings is 1. The van der Waals surface area contributed by atoms with Crippen molar-refractivity contribution in [1.29, 1.82) is 0 Å². The van der Waals surface area contributed by atoms with Crippen LogP contribution in [0.1, 0.15) is 16.8 Å². The Kier molecular flexibility index (Phi) is 3.25. The fraction of sp³-hybridized carbons (Fsp3) is 0.214. The molecule has 82 valence electrons. The highest BCUT2D eigenvalue weighted by atomic mass is 35.5. The molecule has 0 atom stereocenters. The molecular formula is C14H14ClN. The van der Waals surface area contributed by atoms with Crippen molar-refractivity contribution in [3.63, 3.8) is 0 Å². The van der Waals surface area contributed by atoms with Gasteiger partial charge in [-0.05, 0) is 25.5 Å². The summed E-state index contributed by atoms with van der Waals surface area (Å²) in [6.07, 6.45) is 0. The highest BCUT2D eigenvalue weighted by molar-refractivity contribution is 6.17. The van der Waals surface area contributed by atoms with Gasteiger partial charge >= 0.3 is 0 Å². The Labute approximate surface area is 101 Å². The van der Waals surface area contributed by atoms with Crippen molar-refractivity contribution in [2.45, 2.75) is 19.7 Å². The predicted octanol–water partition coefficient (Wildman–Crippen LogP) is 4.10. The van der Waals surface area contributed by atoms with E-state index in [1.54, 1.807) is 0 Å². The molecule has 0 unspecified atom stereocenters. The maximum Gasteiger partial charge on any atom is 0.0705 e. The van der Waals surface area contributed by atoms with E-state index >= 15 is 0 Å². The number of pyridine rings is 1. The van der Waals surface area contributed by atoms with Crippen LogP contribution in [0.3, 0.4) is 0 Å². The molecule has 16 heavy (non-hydrogen) atoms. The summed E-state index contributed by atoms with van der Waals surface area (Å²) in [5.41, 5.74) is 5.52. The third-order valence-electron chi connectivity index (χ3n) is 2.69. The molecule has 0 aliphatic rings. The molecule has 1 aromatic heterocycles. The summed E-state index contributed by atoms with van der Waals surface area (Å²) in [5, 5.41) is 0. The lowest BCUT2D eigenvalue weighted by Crippen LogP contribution is -1.92. The molecular weight excluding hydrogens is 218 g/mol. The van der Waals surface area contributed by atoms with E-state index in [1.807, 2.05) is 19.1 Å². The molecule has 2 heteroatoms. The Bertz CT molecular complexity index is 489. The van der Waals surface area contributed by atoms with E-state index < -0.39 is 0 Å². The van der Waals surface area contributed by atoms with Gasteiger partial charge in [0.1, 0.15) is 0 Å². The summed E-state index contributed by atoms with van der Waals surface area (Å²) in [4.78, 5) is 4.56. The van der Waals surface area contributed by atoms with Crippen LogP contribution in [-0.4, -0.2) is 4.98 Å². The highest BCUT2D eigenvalue weighted by Gasteiger charge is 2.02. The lowest BCUT2D eigenvalue weighted by Gasteiger charge is -2.05. The minimum atomic E-state index is 0.521. The molecule has 0 spiro atoms. The van der Waals surface area contributed by atoms with Gasteiger partial charge < -0.3 is 0 Å². The number of hydrogen-bond donors (Lipinski definition) is 0. The van der Waals surface area contributed by atoms with Crippen LogP contribution < -0.4 is 0 Å². The van der Waals surface area contributed by atoms with Crippen molar-refractivity contribution in [2.75, 3.05) is 0 Å². The maximum absolute atomic E-state index is 5.81. The van der Waals surface area contributed by atoms with Crippen LogP contribution in [0.25, 0.3) is 11.3 Å². The first kappa shape index (κ1) is 11.2. The number of alkyl halides is 1. The van der Waals surface area contributed by atoms with E-state index in [-0.39, 0.29) is 0 Å². The summed E-state index contributed by atoms with van der Waals surface area (Å²) in [6, 6.07) is 12.5. The predicted molar refractivity (Wildman–Crippen MR) is 68.7 cm³/mol. The minimum Gasteiger partial charge on any atom is -0.253 e. The smallest absolute Gasteiger partial charge is 0.0705 e. The standard InChI is InChI=1S/C14H14ClN/c1-10-3-5-12(6-4-10)14-8-7-13(9-15)11(2)16-14/h3-8H,9H2,1-2H3. The van der Waals surface area contributed by atoms with Gasteiger partial charge in [0.2, 0.25) is 0 Å². The molecule has 1 heterocycles. The van der Waals surface area contributed by atoms with Crippen molar-refractivity contribution in [2.24, 2.45) is 0 Å². The zero-order chi connectivity index (χ0) is 11.5. The van der Waals surface area contributed by atoms with Gasteiger partial charge in [0.05, 0.1) is 5.69 Å². The zero-order valence-electron chi connectivity index (χ0n) is 9.50. The first-order valence-corrected chi connectivity index (χ1v) is 5.83. The number of hydrogen-bond acceptors (Lipinski definition) is 1. The van der Waals surface area contributed by atoms with Crippen molar-refractivity contribution in [3.8, 4) is 11.3 Å². The lowest BCUT2D eigenvalue weighted by atomic mass is 10.1. The van der Waals surface area contributed by atoms with Crippen molar-refractivity contribution < 1.29 is 0 Å². The number of nitrogens with zero attached hydrogens (tertiary/aromatic N) is 1. The Hall–Kier alpha value is -1.34. The normalized spacial score (nSPS) is 10.4. The minimum absolute atomic E-state index is 0.521. The van der Waals surface area contributed by atoms with E-state index in [0.29, 0.717) is 5.88 Å². The number of rotatable bonds is 2. The van der Waals surface area contributed by atoms with Crippen molar-refractivity contribution in [1.82, 2.24) is 4.98 Å². The molecule has 0 saturated carbocycles. The fourth-order valence-electron chi connectivity index (χ4n) is 1.62. The molecule has 0 aliphatic carbocycles. The molecule has 1 aromatic carbocycles. The third kappa shape index (κ3) is 2.25. The van der Waals surface area contributed by atoms with Gasteiger partial charge in [0.25, 0.3) is 0 Å². The molecule has 0 bridgehead atoms. The van der Waals surface area contributed by atoms with Crippen LogP contribution in [0.15, 0.2) is 36.4 Å². The van der Waals surface area contributed by atoms with Crippen molar-refractivity contribution in [3.05, 3.63) is 53.2 Å². The van der Waals surface area contributed by atoms with E-state index in [4.69, 9.17) is 11.6 Å². The topological polar surface area (TPSA) is 12.9 Å². The average Bonchev–Trinajstić information content (AvgIpc) is 2.30. The summed E-state index contributed by atoms with van der Waals surface area (Å²) < 4.78 is 0. The van der Waals surface area contributed by atoms with Crippen LogP contribution in [0.5, 0.6) is 0 Å². The lowest BCUT2D eigenvalue weighted by molar-refractivity contribution is 1.14. The van der Waals surface area contributed by atoms with Crippen molar-refractivity contribution >= 4 is 11.6 Å². The second-order valence-electron chi connectivity index (χ2n) is 3.94. The Morgan fingerprint density at radius 1 is 1.00 bits per heavy atom. The van der Waals surface area contributed by atoms with Gasteiger partial charge in [-0.15, -0.1) is 11.6 Å². The van der Waals surface area contributed by atoms with Crippen LogP contribution in [0, 0.1) is 13.8 Å². The van der Waals surface area contributed by atoms with Gasteiger partial charge in [0, 0.05) is 17.1 Å². The molecule has 2 aromatic rings. The van der Waals surface area contributed by atoms with Gasteiger partial charge in [-0.1, -0.05) is 35.9 Å². The summed E-state index contributed by atoms with van der Waals surface area (Å²) >= 11 is 5.81. The molecule has 0 amide bonds. The third-order valence-corrected chi connectivity index (χ3v) is 2.97. The molecule has 0 aliphatic heterocycles. The summed E-state index contributed by atoms with van der Waals surface area (Å²) in [6.45, 7) is 4.08. The van der Waals surface area contributed by atoms with Gasteiger partial charge in [-0.3, -0.25) is 4.98 Å². The highest BCUT2D eigenvalue weighted by Crippen LogP contribution is 2.20. The Morgan fingerprint density at radius 3 is 2.25 bits per heavy atom. The molecule has 2 rings (SSSR count). The Balaban J connectivity index is 2.41. The molecule has 0 radical (unpaired) electrons. The fourth-order valence-corrected chi connectivity index (χ4v) is 1.90. The van der Waals surface area contributed by atoms with E-state index in [1.165, 1.54) is 5.56 Å². The summed E-state index contributed by atoms with van der Waals surface area (Å²) in [7, 11) is 0. The molecule has 0 N–H and O–H groups in total. The van der Waals surface area contributed by atoms with E-state index in [2.05, 4.69) is 36.2 Å². The number of halogens is 1. The monoisotopic (exact) mass is 231 g/mol. The van der Waals surface area contributed by atoms with Crippen LogP contribution in [-0.2, 0) is 5.88 Å².